The number of benzene rings is 1. The predicted molar refractivity (Wildman–Crippen MR) is 109 cm³/mol. The van der Waals surface area contributed by atoms with Crippen LogP contribution in [-0.2, 0) is 4.79 Å². The van der Waals surface area contributed by atoms with Crippen molar-refractivity contribution in [3.63, 3.8) is 0 Å². The summed E-state index contributed by atoms with van der Waals surface area (Å²) in [6, 6.07) is 6.95. The van der Waals surface area contributed by atoms with E-state index in [0.29, 0.717) is 11.7 Å². The van der Waals surface area contributed by atoms with Gasteiger partial charge in [0.05, 0.1) is 0 Å². The van der Waals surface area contributed by atoms with Crippen molar-refractivity contribution < 1.29 is 9.59 Å². The molecule has 0 fully saturated rings. The second-order valence-corrected chi connectivity index (χ2v) is 7.72. The Bertz CT molecular complexity index is 775. The molecule has 3 amide bonds. The van der Waals surface area contributed by atoms with E-state index in [2.05, 4.69) is 33.1 Å². The van der Waals surface area contributed by atoms with E-state index in [1.165, 1.54) is 11.3 Å². The second kappa shape index (κ2) is 10.0. The highest BCUT2D eigenvalue weighted by molar-refractivity contribution is 7.18. The van der Waals surface area contributed by atoms with Gasteiger partial charge in [0.1, 0.15) is 11.0 Å². The maximum Gasteiger partial charge on any atom is 0.315 e. The molecular weight excluding hydrogens is 362 g/mol. The first kappa shape index (κ1) is 20.8. The first-order chi connectivity index (χ1) is 12.9. The van der Waals surface area contributed by atoms with Gasteiger partial charge >= 0.3 is 6.03 Å². The standard InChI is InChI=1S/C19H27N5O2S/c1-5-6-10-20-18(26)21-15(12(2)3)16(25)22-19-24-23-17(27-19)14-9-7-8-13(4)11-14/h7-9,11-12,15H,5-6,10H2,1-4H3,(H2,20,21,26)(H,22,24,25). The van der Waals surface area contributed by atoms with Crippen molar-refractivity contribution in [1.82, 2.24) is 20.8 Å². The van der Waals surface area contributed by atoms with E-state index < -0.39 is 6.04 Å². The molecule has 0 radical (unpaired) electrons. The molecule has 0 saturated heterocycles. The van der Waals surface area contributed by atoms with E-state index >= 15 is 0 Å². The van der Waals surface area contributed by atoms with Gasteiger partial charge in [-0.05, 0) is 25.3 Å². The Kier molecular flexibility index (Phi) is 7.72. The number of carbonyl (C=O) groups excluding carboxylic acids is 2. The summed E-state index contributed by atoms with van der Waals surface area (Å²) in [6.07, 6.45) is 1.90. The molecule has 146 valence electrons. The van der Waals surface area contributed by atoms with Crippen LogP contribution in [0.25, 0.3) is 10.6 Å². The second-order valence-electron chi connectivity index (χ2n) is 6.75. The van der Waals surface area contributed by atoms with Crippen molar-refractivity contribution in [2.45, 2.75) is 46.6 Å². The van der Waals surface area contributed by atoms with Crippen LogP contribution in [0.2, 0.25) is 0 Å². The molecule has 8 heteroatoms. The minimum absolute atomic E-state index is 0.0638. The van der Waals surface area contributed by atoms with E-state index in [1.54, 1.807) is 0 Å². The van der Waals surface area contributed by atoms with Gasteiger partial charge in [-0.2, -0.15) is 0 Å². The molecule has 27 heavy (non-hydrogen) atoms. The van der Waals surface area contributed by atoms with E-state index in [1.807, 2.05) is 45.0 Å². The molecule has 0 spiro atoms. The minimum atomic E-state index is -0.655. The van der Waals surface area contributed by atoms with Crippen LogP contribution >= 0.6 is 11.3 Å². The number of aryl methyl sites for hydroxylation is 1. The van der Waals surface area contributed by atoms with E-state index in [-0.39, 0.29) is 17.9 Å². The van der Waals surface area contributed by atoms with Crippen molar-refractivity contribution in [2.75, 3.05) is 11.9 Å². The Morgan fingerprint density at radius 1 is 1.22 bits per heavy atom. The van der Waals surface area contributed by atoms with Crippen LogP contribution < -0.4 is 16.0 Å². The summed E-state index contributed by atoms with van der Waals surface area (Å²) in [4.78, 5) is 24.6. The number of urea groups is 1. The third-order valence-corrected chi connectivity index (χ3v) is 4.86. The number of carbonyl (C=O) groups is 2. The number of aromatic nitrogens is 2. The van der Waals surface area contributed by atoms with Crippen molar-refractivity contribution in [3.05, 3.63) is 29.8 Å². The summed E-state index contributed by atoms with van der Waals surface area (Å²) in [6.45, 7) is 8.42. The molecule has 7 nitrogen and oxygen atoms in total. The summed E-state index contributed by atoms with van der Waals surface area (Å²) in [7, 11) is 0. The molecule has 0 aliphatic carbocycles. The highest BCUT2D eigenvalue weighted by Crippen LogP contribution is 2.27. The summed E-state index contributed by atoms with van der Waals surface area (Å²) >= 11 is 1.31. The van der Waals surface area contributed by atoms with Gasteiger partial charge in [0.25, 0.3) is 0 Å². The first-order valence-electron chi connectivity index (χ1n) is 9.16. The summed E-state index contributed by atoms with van der Waals surface area (Å²) in [5.74, 6) is -0.367. The van der Waals surface area contributed by atoms with Crippen LogP contribution in [0, 0.1) is 12.8 Å². The number of anilines is 1. The Hall–Kier alpha value is -2.48. The fourth-order valence-corrected chi connectivity index (χ4v) is 3.20. The lowest BCUT2D eigenvalue weighted by molar-refractivity contribution is -0.118. The van der Waals surface area contributed by atoms with Crippen molar-refractivity contribution in [3.8, 4) is 10.6 Å². The van der Waals surface area contributed by atoms with Crippen molar-refractivity contribution in [1.29, 1.82) is 0 Å². The van der Waals surface area contributed by atoms with Crippen LogP contribution in [0.15, 0.2) is 24.3 Å². The van der Waals surface area contributed by atoms with Crippen LogP contribution in [0.5, 0.6) is 0 Å². The number of hydrogen-bond acceptors (Lipinski definition) is 5. The van der Waals surface area contributed by atoms with Gasteiger partial charge in [-0.15, -0.1) is 10.2 Å². The topological polar surface area (TPSA) is 96.0 Å². The van der Waals surface area contributed by atoms with Crippen LogP contribution in [0.3, 0.4) is 0 Å². The average molecular weight is 390 g/mol. The lowest BCUT2D eigenvalue weighted by atomic mass is 10.0. The van der Waals surface area contributed by atoms with Crippen molar-refractivity contribution in [2.24, 2.45) is 5.92 Å². The molecule has 2 rings (SSSR count). The zero-order valence-corrected chi connectivity index (χ0v) is 17.0. The predicted octanol–water partition coefficient (Wildman–Crippen LogP) is 3.58. The molecule has 0 saturated carbocycles. The average Bonchev–Trinajstić information content (AvgIpc) is 3.08. The monoisotopic (exact) mass is 389 g/mol. The zero-order valence-electron chi connectivity index (χ0n) is 16.2. The molecule has 1 unspecified atom stereocenters. The Labute approximate surface area is 164 Å². The third-order valence-electron chi connectivity index (χ3n) is 3.97. The number of nitrogens with one attached hydrogen (secondary N) is 3. The Morgan fingerprint density at radius 2 is 2.00 bits per heavy atom. The lowest BCUT2D eigenvalue weighted by Crippen LogP contribution is -2.50. The maximum atomic E-state index is 12.6. The number of nitrogens with zero attached hydrogens (tertiary/aromatic N) is 2. The van der Waals surface area contributed by atoms with E-state index in [4.69, 9.17) is 0 Å². The summed E-state index contributed by atoms with van der Waals surface area (Å²) < 4.78 is 0. The minimum Gasteiger partial charge on any atom is -0.338 e. The van der Waals surface area contributed by atoms with Crippen LogP contribution in [0.4, 0.5) is 9.93 Å². The fraction of sp³-hybridized carbons (Fsp3) is 0.474. The molecule has 2 aromatic rings. The van der Waals surface area contributed by atoms with Gasteiger partial charge in [-0.25, -0.2) is 4.79 Å². The molecule has 0 bridgehead atoms. The van der Waals surface area contributed by atoms with Gasteiger partial charge in [-0.1, -0.05) is 62.3 Å². The zero-order chi connectivity index (χ0) is 19.8. The number of rotatable bonds is 8. The van der Waals surface area contributed by atoms with Crippen molar-refractivity contribution >= 4 is 28.4 Å². The van der Waals surface area contributed by atoms with Gasteiger partial charge in [0.15, 0.2) is 0 Å². The SMILES string of the molecule is CCCCNC(=O)NC(C(=O)Nc1nnc(-c2cccc(C)c2)s1)C(C)C. The number of amides is 3. The Balaban J connectivity index is 2.00. The van der Waals surface area contributed by atoms with Gasteiger partial charge in [-0.3, -0.25) is 10.1 Å². The normalized spacial score (nSPS) is 11.9. The molecule has 0 aliphatic rings. The molecule has 1 aromatic heterocycles. The molecular formula is C19H27N5O2S. The maximum absolute atomic E-state index is 12.6. The fourth-order valence-electron chi connectivity index (χ4n) is 2.46. The Morgan fingerprint density at radius 3 is 2.67 bits per heavy atom. The lowest BCUT2D eigenvalue weighted by Gasteiger charge is -2.21. The van der Waals surface area contributed by atoms with E-state index in [0.717, 1.165) is 29.0 Å². The molecule has 1 aromatic carbocycles. The highest BCUT2D eigenvalue weighted by atomic mass is 32.1. The quantitative estimate of drug-likeness (QED) is 0.601. The van der Waals surface area contributed by atoms with Crippen LogP contribution in [-0.4, -0.2) is 34.7 Å². The summed E-state index contributed by atoms with van der Waals surface area (Å²) in [5, 5.41) is 17.6. The largest absolute Gasteiger partial charge is 0.338 e. The van der Waals surface area contributed by atoms with Gasteiger partial charge in [0.2, 0.25) is 11.0 Å². The molecule has 0 aliphatic heterocycles. The summed E-state index contributed by atoms with van der Waals surface area (Å²) in [5.41, 5.74) is 2.09. The molecule has 1 heterocycles. The van der Waals surface area contributed by atoms with Crippen LogP contribution in [0.1, 0.15) is 39.2 Å². The highest BCUT2D eigenvalue weighted by Gasteiger charge is 2.25. The third kappa shape index (κ3) is 6.32. The molecule has 3 N–H and O–H groups in total. The number of unbranched alkanes of at least 4 members (excludes halogenated alkanes) is 1. The van der Waals surface area contributed by atoms with Gasteiger partial charge < -0.3 is 10.6 Å². The van der Waals surface area contributed by atoms with Gasteiger partial charge in [0, 0.05) is 12.1 Å². The molecule has 1 atom stereocenters. The smallest absolute Gasteiger partial charge is 0.315 e. The number of hydrogen-bond donors (Lipinski definition) is 3. The first-order valence-corrected chi connectivity index (χ1v) is 9.98. The van der Waals surface area contributed by atoms with E-state index in [9.17, 15) is 9.59 Å².